The average Bonchev–Trinajstić information content (AvgIpc) is 3.24. The van der Waals surface area contributed by atoms with Gasteiger partial charge < -0.3 is 20.7 Å². The van der Waals surface area contributed by atoms with Crippen LogP contribution < -0.4 is 21.9 Å². The number of nitrogens with one attached hydrogen (secondary N) is 1. The molecule has 1 aromatic heterocycles. The van der Waals surface area contributed by atoms with Crippen molar-refractivity contribution in [1.82, 2.24) is 9.55 Å². The number of carbonyl (C=O) groups excluding carboxylic acids is 1. The molecule has 2 aromatic rings. The molecule has 1 aliphatic carbocycles. The average molecular weight is 538 g/mol. The van der Waals surface area contributed by atoms with Crippen molar-refractivity contribution in [1.29, 1.82) is 5.26 Å². The highest BCUT2D eigenvalue weighted by Gasteiger charge is 2.46. The number of carbonyl (C=O) groups is 1. The van der Waals surface area contributed by atoms with Crippen molar-refractivity contribution in [2.75, 3.05) is 11.5 Å². The number of nitrogens with two attached hydrogens (primary N) is 1. The summed E-state index contributed by atoms with van der Waals surface area (Å²) in [7, 11) is 0. The van der Waals surface area contributed by atoms with Crippen LogP contribution in [0, 0.1) is 22.6 Å². The number of nitrogens with zero attached hydrogens (tertiary/aromatic N) is 3. The molecule has 3 aliphatic rings. The third-order valence-electron chi connectivity index (χ3n) is 7.47. The number of Topliss-reactive ketones (excluding diaryl/α,β-unsaturated/α-hetero) is 1. The largest absolute Gasteiger partial charge is 0.394 e. The van der Waals surface area contributed by atoms with Crippen molar-refractivity contribution < 1.29 is 24.1 Å². The number of aromatic amines is 1. The van der Waals surface area contributed by atoms with E-state index in [0.717, 1.165) is 4.57 Å². The number of aliphatic hydroxyl groups is 2. The zero-order chi connectivity index (χ0) is 28.2. The molecule has 5 rings (SSSR count). The van der Waals surface area contributed by atoms with Gasteiger partial charge in [0.2, 0.25) is 0 Å². The number of nitriles is 1. The Morgan fingerprint density at radius 2 is 1.92 bits per heavy atom. The van der Waals surface area contributed by atoms with E-state index in [-0.39, 0.29) is 41.2 Å². The summed E-state index contributed by atoms with van der Waals surface area (Å²) in [6, 6.07) is 7.51. The first-order valence-corrected chi connectivity index (χ1v) is 12.5. The summed E-state index contributed by atoms with van der Waals surface area (Å²) in [6.45, 7) is 3.36. The minimum atomic E-state index is -1.18. The molecule has 0 saturated carbocycles. The molecule has 204 valence electrons. The van der Waals surface area contributed by atoms with Crippen molar-refractivity contribution in [3.8, 4) is 6.07 Å². The Bertz CT molecular complexity index is 1560. The normalized spacial score (nSPS) is 26.6. The van der Waals surface area contributed by atoms with Gasteiger partial charge in [0, 0.05) is 41.6 Å². The van der Waals surface area contributed by atoms with Gasteiger partial charge in [-0.3, -0.25) is 24.0 Å². The van der Waals surface area contributed by atoms with Crippen LogP contribution in [0.25, 0.3) is 0 Å². The zero-order valence-corrected chi connectivity index (χ0v) is 21.3. The summed E-state index contributed by atoms with van der Waals surface area (Å²) in [6.07, 6.45) is -1.25. The Morgan fingerprint density at radius 3 is 2.54 bits per heavy atom. The first-order valence-electron chi connectivity index (χ1n) is 12.5. The maximum Gasteiger partial charge on any atom is 0.330 e. The van der Waals surface area contributed by atoms with Crippen LogP contribution in [0.4, 0.5) is 10.1 Å². The first-order chi connectivity index (χ1) is 18.5. The van der Waals surface area contributed by atoms with Gasteiger partial charge in [-0.2, -0.15) is 5.26 Å². The fourth-order valence-corrected chi connectivity index (χ4v) is 5.68. The molecule has 0 amide bonds. The molecule has 0 radical (unpaired) electrons. The van der Waals surface area contributed by atoms with E-state index >= 15 is 0 Å². The van der Waals surface area contributed by atoms with Gasteiger partial charge in [-0.05, 0) is 36.1 Å². The predicted molar refractivity (Wildman–Crippen MR) is 136 cm³/mol. The zero-order valence-electron chi connectivity index (χ0n) is 21.3. The summed E-state index contributed by atoms with van der Waals surface area (Å²) < 4.78 is 20.4. The standard InChI is InChI=1S/C27H28FN5O6/c1-27(2)8-17-23(19(36)9-27)22(15(10-29)24(30)33(17)14-5-3-13(28)4-6-14)16-11-32(26(38)31-25(16)37)21-7-18(35)20(12-34)39-21/h3-6,11,18,20-22,34-35H,7-9,12,30H2,1-2H3,(H,31,37,38)/t18?,20-,21-,22?/m1/s1. The minimum absolute atomic E-state index is 0.0240. The van der Waals surface area contributed by atoms with E-state index in [1.165, 1.54) is 30.5 Å². The van der Waals surface area contributed by atoms with E-state index in [1.54, 1.807) is 4.90 Å². The van der Waals surface area contributed by atoms with E-state index in [1.807, 2.05) is 19.9 Å². The number of hydrogen-bond donors (Lipinski definition) is 4. The van der Waals surface area contributed by atoms with Gasteiger partial charge in [-0.15, -0.1) is 0 Å². The highest BCUT2D eigenvalue weighted by Crippen LogP contribution is 2.49. The molecule has 3 heterocycles. The fraction of sp³-hybridized carbons (Fsp3) is 0.407. The Labute approximate surface area is 222 Å². The summed E-state index contributed by atoms with van der Waals surface area (Å²) in [5, 5.41) is 29.9. The minimum Gasteiger partial charge on any atom is -0.394 e. The molecule has 1 saturated heterocycles. The SMILES string of the molecule is CC1(C)CC(=O)C2=C(C1)N(c1ccc(F)cc1)C(N)=C(C#N)C2c1cn([C@H]2CC(O)[C@@H](CO)O2)c(=O)[nH]c1=O. The molecule has 39 heavy (non-hydrogen) atoms. The van der Waals surface area contributed by atoms with Crippen molar-refractivity contribution in [2.45, 2.75) is 57.5 Å². The fourth-order valence-electron chi connectivity index (χ4n) is 5.68. The topological polar surface area (TPSA) is 175 Å². The van der Waals surface area contributed by atoms with Gasteiger partial charge in [-0.25, -0.2) is 9.18 Å². The van der Waals surface area contributed by atoms with E-state index in [4.69, 9.17) is 10.5 Å². The Kier molecular flexibility index (Phi) is 6.54. The van der Waals surface area contributed by atoms with Crippen LogP contribution in [0.1, 0.15) is 50.8 Å². The Hall–Kier alpha value is -4.05. The molecule has 1 fully saturated rings. The molecular formula is C27H28FN5O6. The van der Waals surface area contributed by atoms with Crippen molar-refractivity contribution in [3.05, 3.63) is 85.3 Å². The van der Waals surface area contributed by atoms with E-state index in [2.05, 4.69) is 4.98 Å². The van der Waals surface area contributed by atoms with Crippen LogP contribution >= 0.6 is 0 Å². The van der Waals surface area contributed by atoms with Gasteiger partial charge in [0.15, 0.2) is 5.78 Å². The number of ether oxygens (including phenoxy) is 1. The summed E-state index contributed by atoms with van der Waals surface area (Å²) >= 11 is 0. The van der Waals surface area contributed by atoms with Crippen LogP contribution in [-0.4, -0.2) is 44.4 Å². The van der Waals surface area contributed by atoms with Crippen LogP contribution in [0.3, 0.4) is 0 Å². The Balaban J connectivity index is 1.73. The van der Waals surface area contributed by atoms with Gasteiger partial charge >= 0.3 is 5.69 Å². The second-order valence-electron chi connectivity index (χ2n) is 10.8. The highest BCUT2D eigenvalue weighted by atomic mass is 19.1. The smallest absolute Gasteiger partial charge is 0.330 e. The second-order valence-corrected chi connectivity index (χ2v) is 10.8. The lowest BCUT2D eigenvalue weighted by Crippen LogP contribution is -2.44. The number of aromatic nitrogens is 2. The van der Waals surface area contributed by atoms with E-state index < -0.39 is 53.4 Å². The second kappa shape index (κ2) is 9.60. The number of halogens is 1. The van der Waals surface area contributed by atoms with Crippen molar-refractivity contribution in [2.24, 2.45) is 11.1 Å². The van der Waals surface area contributed by atoms with Gasteiger partial charge in [-0.1, -0.05) is 13.8 Å². The molecule has 0 spiro atoms. The molecular weight excluding hydrogens is 509 g/mol. The summed E-state index contributed by atoms with van der Waals surface area (Å²) in [4.78, 5) is 43.4. The van der Waals surface area contributed by atoms with Crippen LogP contribution in [0.5, 0.6) is 0 Å². The molecule has 5 N–H and O–H groups in total. The van der Waals surface area contributed by atoms with Crippen LogP contribution in [0.15, 0.2) is 62.7 Å². The third kappa shape index (κ3) is 4.48. The molecule has 2 aliphatic heterocycles. The highest BCUT2D eigenvalue weighted by molar-refractivity contribution is 6.01. The number of H-pyrrole nitrogens is 1. The summed E-state index contributed by atoms with van der Waals surface area (Å²) in [5.41, 5.74) is 5.42. The lowest BCUT2D eigenvalue weighted by molar-refractivity contribution is -0.118. The maximum atomic E-state index is 13.7. The van der Waals surface area contributed by atoms with Gasteiger partial charge in [0.25, 0.3) is 5.56 Å². The van der Waals surface area contributed by atoms with Crippen LogP contribution in [-0.2, 0) is 9.53 Å². The molecule has 11 nitrogen and oxygen atoms in total. The predicted octanol–water partition coefficient (Wildman–Crippen LogP) is 1.26. The first kappa shape index (κ1) is 26.6. The third-order valence-corrected chi connectivity index (χ3v) is 7.47. The lowest BCUT2D eigenvalue weighted by atomic mass is 9.69. The lowest BCUT2D eigenvalue weighted by Gasteiger charge is -2.43. The number of benzene rings is 1. The molecule has 1 aromatic carbocycles. The number of hydrogen-bond acceptors (Lipinski definition) is 9. The number of rotatable bonds is 4. The quantitative estimate of drug-likeness (QED) is 0.447. The molecule has 0 bridgehead atoms. The van der Waals surface area contributed by atoms with E-state index in [9.17, 15) is 34.2 Å². The monoisotopic (exact) mass is 537 g/mol. The summed E-state index contributed by atoms with van der Waals surface area (Å²) in [5.74, 6) is -1.96. The maximum absolute atomic E-state index is 13.7. The number of allylic oxidation sites excluding steroid dienone is 3. The van der Waals surface area contributed by atoms with Gasteiger partial charge in [0.05, 0.1) is 30.3 Å². The number of anilines is 1. The number of ketones is 1. The van der Waals surface area contributed by atoms with Crippen molar-refractivity contribution in [3.63, 3.8) is 0 Å². The molecule has 12 heteroatoms. The van der Waals surface area contributed by atoms with E-state index in [0.29, 0.717) is 17.8 Å². The Morgan fingerprint density at radius 1 is 1.23 bits per heavy atom. The van der Waals surface area contributed by atoms with Crippen molar-refractivity contribution >= 4 is 11.5 Å². The van der Waals surface area contributed by atoms with Crippen LogP contribution in [0.2, 0.25) is 0 Å². The molecule has 4 atom stereocenters. The number of aliphatic hydroxyl groups excluding tert-OH is 2. The van der Waals surface area contributed by atoms with Gasteiger partial charge in [0.1, 0.15) is 24.0 Å². The molecule has 2 unspecified atom stereocenters.